The molecular weight excluding hydrogens is 649 g/mol. The molecule has 0 radical (unpaired) electrons. The summed E-state index contributed by atoms with van der Waals surface area (Å²) in [5.41, 5.74) is 13.8. The van der Waals surface area contributed by atoms with Crippen molar-refractivity contribution in [3.8, 4) is 0 Å². The zero-order chi connectivity index (χ0) is 37.1. The minimum absolute atomic E-state index is 0.216. The Labute approximate surface area is 324 Å². The van der Waals surface area contributed by atoms with E-state index in [0.29, 0.717) is 0 Å². The molecule has 0 atom stereocenters. The summed E-state index contributed by atoms with van der Waals surface area (Å²) >= 11 is 0. The molecule has 0 heteroatoms. The molecule has 7 aromatic carbocycles. The third-order valence-corrected chi connectivity index (χ3v) is 11.9. The first kappa shape index (κ1) is 36.9. The highest BCUT2D eigenvalue weighted by Gasteiger charge is 2.37. The van der Waals surface area contributed by atoms with Crippen molar-refractivity contribution in [2.45, 2.75) is 76.0 Å². The zero-order valence-electron chi connectivity index (χ0n) is 32.1. The molecule has 0 saturated heterocycles. The largest absolute Gasteiger partial charge is 0.0622 e. The molecule has 54 heavy (non-hydrogen) atoms. The summed E-state index contributed by atoms with van der Waals surface area (Å²) in [6.07, 6.45) is 8.53. The van der Waals surface area contributed by atoms with Crippen molar-refractivity contribution >= 4 is 0 Å². The Bertz CT molecular complexity index is 1800. The van der Waals surface area contributed by atoms with E-state index in [1.807, 2.05) is 0 Å². The first-order valence-corrected chi connectivity index (χ1v) is 20.2. The van der Waals surface area contributed by atoms with Gasteiger partial charge in [-0.25, -0.2) is 0 Å². The van der Waals surface area contributed by atoms with Crippen LogP contribution in [0.15, 0.2) is 194 Å². The Morgan fingerprint density at radius 3 is 0.722 bits per heavy atom. The van der Waals surface area contributed by atoms with Crippen molar-refractivity contribution in [2.75, 3.05) is 0 Å². The third kappa shape index (κ3) is 7.62. The fraction of sp³-hybridized carbons (Fsp3) is 0.222. The first-order valence-electron chi connectivity index (χ1n) is 20.2. The van der Waals surface area contributed by atoms with Crippen LogP contribution < -0.4 is 0 Å². The maximum absolute atomic E-state index is 2.57. The second-order valence-corrected chi connectivity index (χ2v) is 14.8. The van der Waals surface area contributed by atoms with Crippen molar-refractivity contribution < 1.29 is 0 Å². The van der Waals surface area contributed by atoms with Crippen LogP contribution >= 0.6 is 0 Å². The van der Waals surface area contributed by atoms with Crippen molar-refractivity contribution in [3.63, 3.8) is 0 Å². The van der Waals surface area contributed by atoms with Gasteiger partial charge in [0.2, 0.25) is 0 Å². The lowest BCUT2D eigenvalue weighted by Crippen LogP contribution is -2.29. The molecule has 0 unspecified atom stereocenters. The van der Waals surface area contributed by atoms with Crippen LogP contribution in [0.4, 0.5) is 0 Å². The lowest BCUT2D eigenvalue weighted by atomic mass is 9.66. The lowest BCUT2D eigenvalue weighted by Gasteiger charge is -2.36. The minimum Gasteiger partial charge on any atom is -0.0622 e. The number of rotatable bonds is 16. The molecule has 270 valence electrons. The Balaban J connectivity index is 1.17. The van der Waals surface area contributed by atoms with E-state index in [0.717, 1.165) is 51.4 Å². The molecule has 7 rings (SSSR count). The number of hydrogen-bond donors (Lipinski definition) is 0. The molecule has 0 aliphatic rings. The summed E-state index contributed by atoms with van der Waals surface area (Å²) < 4.78 is 0. The van der Waals surface area contributed by atoms with Crippen molar-refractivity contribution in [2.24, 2.45) is 0 Å². The Kier molecular flexibility index (Phi) is 12.0. The molecule has 0 bridgehead atoms. The van der Waals surface area contributed by atoms with Crippen LogP contribution in [-0.2, 0) is 36.5 Å². The van der Waals surface area contributed by atoms with Gasteiger partial charge in [-0.2, -0.15) is 0 Å². The van der Waals surface area contributed by atoms with Crippen LogP contribution in [0.3, 0.4) is 0 Å². The minimum atomic E-state index is -0.216. The van der Waals surface area contributed by atoms with Gasteiger partial charge < -0.3 is 0 Å². The van der Waals surface area contributed by atoms with E-state index < -0.39 is 0 Å². The van der Waals surface area contributed by atoms with E-state index in [9.17, 15) is 0 Å². The van der Waals surface area contributed by atoms with Crippen molar-refractivity contribution in [3.05, 3.63) is 250 Å². The van der Waals surface area contributed by atoms with Crippen LogP contribution in [0.1, 0.15) is 95.2 Å². The van der Waals surface area contributed by atoms with Crippen LogP contribution in [-0.4, -0.2) is 0 Å². The van der Waals surface area contributed by atoms with Gasteiger partial charge in [0.15, 0.2) is 0 Å². The molecule has 7 aromatic rings. The molecule has 0 aliphatic carbocycles. The fourth-order valence-corrected chi connectivity index (χ4v) is 9.21. The summed E-state index contributed by atoms with van der Waals surface area (Å²) in [5.74, 6) is 0. The lowest BCUT2D eigenvalue weighted by molar-refractivity contribution is 0.530. The molecule has 0 spiro atoms. The Hall–Kier alpha value is -5.46. The summed E-state index contributed by atoms with van der Waals surface area (Å²) in [4.78, 5) is 0. The molecule has 0 amide bonds. The van der Waals surface area contributed by atoms with Gasteiger partial charge in [0, 0.05) is 10.8 Å². The van der Waals surface area contributed by atoms with Gasteiger partial charge in [0.25, 0.3) is 0 Å². The number of hydrogen-bond acceptors (Lipinski definition) is 0. The van der Waals surface area contributed by atoms with Crippen LogP contribution in [0.5, 0.6) is 0 Å². The summed E-state index contributed by atoms with van der Waals surface area (Å²) in [6, 6.07) is 72.2. The standard InChI is InChI=1S/C54H54/c1-3-43-41-46(26-24-40-54(50-33-17-8-18-34-50,51-35-19-9-20-36-51)52-37-21-10-22-38-52)44(4-2)42-45(43)25-23-39-53(47-27-11-5-12-28-47,48-29-13-6-14-30-48)49-31-15-7-16-32-49/h5-22,27-38,41-42H,3-4,23-26,39-40H2,1-2H3. The second kappa shape index (κ2) is 17.6. The monoisotopic (exact) mass is 702 g/mol. The third-order valence-electron chi connectivity index (χ3n) is 11.9. The molecule has 0 heterocycles. The predicted molar refractivity (Wildman–Crippen MR) is 229 cm³/mol. The van der Waals surface area contributed by atoms with Crippen LogP contribution in [0.2, 0.25) is 0 Å². The quantitative estimate of drug-likeness (QED) is 0.0880. The summed E-state index contributed by atoms with van der Waals surface area (Å²) in [6.45, 7) is 4.67. The Morgan fingerprint density at radius 2 is 0.519 bits per heavy atom. The van der Waals surface area contributed by atoms with E-state index in [4.69, 9.17) is 0 Å². The zero-order valence-corrected chi connectivity index (χ0v) is 32.1. The van der Waals surface area contributed by atoms with E-state index in [1.54, 1.807) is 0 Å². The molecule has 0 aromatic heterocycles. The average molecular weight is 703 g/mol. The van der Waals surface area contributed by atoms with E-state index in [-0.39, 0.29) is 10.8 Å². The van der Waals surface area contributed by atoms with Crippen molar-refractivity contribution in [1.29, 1.82) is 0 Å². The van der Waals surface area contributed by atoms with E-state index >= 15 is 0 Å². The second-order valence-electron chi connectivity index (χ2n) is 14.8. The smallest absolute Gasteiger partial charge is 0.0451 e. The van der Waals surface area contributed by atoms with Gasteiger partial charge in [-0.3, -0.25) is 0 Å². The molecule has 0 saturated carbocycles. The molecular formula is C54H54. The van der Waals surface area contributed by atoms with Gasteiger partial charge in [-0.1, -0.05) is 208 Å². The van der Waals surface area contributed by atoms with E-state index in [1.165, 1.54) is 55.6 Å². The van der Waals surface area contributed by atoms with Gasteiger partial charge in [-0.15, -0.1) is 0 Å². The van der Waals surface area contributed by atoms with Gasteiger partial charge in [0.05, 0.1) is 0 Å². The van der Waals surface area contributed by atoms with Gasteiger partial charge >= 0.3 is 0 Å². The fourth-order valence-electron chi connectivity index (χ4n) is 9.21. The highest BCUT2D eigenvalue weighted by Crippen LogP contribution is 2.45. The van der Waals surface area contributed by atoms with E-state index in [2.05, 4.69) is 208 Å². The average Bonchev–Trinajstić information content (AvgIpc) is 3.26. The molecule has 0 nitrogen and oxygen atoms in total. The van der Waals surface area contributed by atoms with Gasteiger partial charge in [0.1, 0.15) is 0 Å². The summed E-state index contributed by atoms with van der Waals surface area (Å²) in [7, 11) is 0. The number of benzene rings is 7. The molecule has 0 aliphatic heterocycles. The normalized spacial score (nSPS) is 11.7. The maximum atomic E-state index is 2.57. The predicted octanol–water partition coefficient (Wildman–Crippen LogP) is 13.5. The van der Waals surface area contributed by atoms with Crippen molar-refractivity contribution in [1.82, 2.24) is 0 Å². The van der Waals surface area contributed by atoms with Gasteiger partial charge in [-0.05, 0) is 107 Å². The number of aryl methyl sites for hydroxylation is 4. The highest BCUT2D eigenvalue weighted by atomic mass is 14.4. The van der Waals surface area contributed by atoms with Crippen LogP contribution in [0.25, 0.3) is 0 Å². The molecule has 0 N–H and O–H groups in total. The van der Waals surface area contributed by atoms with Crippen LogP contribution in [0, 0.1) is 0 Å². The SMILES string of the molecule is CCc1cc(CCCC(c2ccccc2)(c2ccccc2)c2ccccc2)c(CC)cc1CCCC(c1ccccc1)(c1ccccc1)c1ccccc1. The highest BCUT2D eigenvalue weighted by molar-refractivity contribution is 5.52. The summed E-state index contributed by atoms with van der Waals surface area (Å²) in [5, 5.41) is 0. The first-order chi connectivity index (χ1) is 26.7. The molecule has 0 fully saturated rings. The Morgan fingerprint density at radius 1 is 0.296 bits per heavy atom. The maximum Gasteiger partial charge on any atom is 0.0451 e. The topological polar surface area (TPSA) is 0 Å².